The SMILES string of the molecule is CC(C)(C)c1ccccc1-c1ccc(Br)cc1C(C)(C)C. The Bertz CT molecular complexity index is 640. The Morgan fingerprint density at radius 2 is 1.19 bits per heavy atom. The molecule has 0 unspecified atom stereocenters. The summed E-state index contributed by atoms with van der Waals surface area (Å²) < 4.78 is 1.14. The van der Waals surface area contributed by atoms with Crippen molar-refractivity contribution in [3.8, 4) is 11.1 Å². The number of hydrogen-bond donors (Lipinski definition) is 0. The van der Waals surface area contributed by atoms with Crippen molar-refractivity contribution in [2.24, 2.45) is 0 Å². The smallest absolute Gasteiger partial charge is 0.0178 e. The molecule has 0 bridgehead atoms. The van der Waals surface area contributed by atoms with Crippen LogP contribution in [-0.2, 0) is 10.8 Å². The monoisotopic (exact) mass is 344 g/mol. The molecule has 0 atom stereocenters. The summed E-state index contributed by atoms with van der Waals surface area (Å²) in [5, 5.41) is 0. The molecule has 1 heteroatoms. The van der Waals surface area contributed by atoms with Crippen LogP contribution in [0.2, 0.25) is 0 Å². The summed E-state index contributed by atoms with van der Waals surface area (Å²) in [4.78, 5) is 0. The lowest BCUT2D eigenvalue weighted by atomic mass is 9.77. The van der Waals surface area contributed by atoms with Crippen LogP contribution in [0.15, 0.2) is 46.9 Å². The van der Waals surface area contributed by atoms with Gasteiger partial charge < -0.3 is 0 Å². The first-order chi connectivity index (χ1) is 9.60. The van der Waals surface area contributed by atoms with Crippen LogP contribution in [0.1, 0.15) is 52.7 Å². The van der Waals surface area contributed by atoms with Crippen molar-refractivity contribution in [1.29, 1.82) is 0 Å². The Balaban J connectivity index is 2.75. The van der Waals surface area contributed by atoms with E-state index in [0.29, 0.717) is 0 Å². The summed E-state index contributed by atoms with van der Waals surface area (Å²) in [6.45, 7) is 13.7. The first-order valence-electron chi connectivity index (χ1n) is 7.50. The number of hydrogen-bond acceptors (Lipinski definition) is 0. The molecule has 0 spiro atoms. The second-order valence-corrected chi connectivity index (χ2v) is 8.65. The lowest BCUT2D eigenvalue weighted by Gasteiger charge is -2.28. The van der Waals surface area contributed by atoms with E-state index in [4.69, 9.17) is 0 Å². The highest BCUT2D eigenvalue weighted by molar-refractivity contribution is 9.10. The first kappa shape index (κ1) is 16.3. The third-order valence-electron chi connectivity index (χ3n) is 3.81. The van der Waals surface area contributed by atoms with E-state index in [1.807, 2.05) is 0 Å². The van der Waals surface area contributed by atoms with Crippen LogP contribution in [0, 0.1) is 0 Å². The van der Waals surface area contributed by atoms with Gasteiger partial charge in [0.05, 0.1) is 0 Å². The summed E-state index contributed by atoms with van der Waals surface area (Å²) in [7, 11) is 0. The standard InChI is InChI=1S/C20H25Br/c1-19(2,3)17-10-8-7-9-15(17)16-12-11-14(21)13-18(16)20(4,5)6/h7-13H,1-6H3. The second kappa shape index (κ2) is 5.61. The minimum Gasteiger partial charge on any atom is -0.0619 e. The molecule has 0 N–H and O–H groups in total. The minimum absolute atomic E-state index is 0.115. The molecule has 0 amide bonds. The van der Waals surface area contributed by atoms with Gasteiger partial charge in [-0.15, -0.1) is 0 Å². The van der Waals surface area contributed by atoms with Crippen LogP contribution in [0.5, 0.6) is 0 Å². The Morgan fingerprint density at radius 1 is 0.667 bits per heavy atom. The fourth-order valence-electron chi connectivity index (χ4n) is 2.74. The molecular formula is C20H25Br. The molecule has 0 aliphatic rings. The topological polar surface area (TPSA) is 0 Å². The van der Waals surface area contributed by atoms with Gasteiger partial charge in [0.1, 0.15) is 0 Å². The molecule has 0 heterocycles. The minimum atomic E-state index is 0.115. The van der Waals surface area contributed by atoms with Gasteiger partial charge in [0.2, 0.25) is 0 Å². The molecule has 0 fully saturated rings. The number of rotatable bonds is 1. The molecule has 0 radical (unpaired) electrons. The quantitative estimate of drug-likeness (QED) is 0.539. The average Bonchev–Trinajstić information content (AvgIpc) is 2.36. The zero-order chi connectivity index (χ0) is 15.8. The Labute approximate surface area is 137 Å². The molecular weight excluding hydrogens is 320 g/mol. The van der Waals surface area contributed by atoms with Crippen LogP contribution in [0.4, 0.5) is 0 Å². The Morgan fingerprint density at radius 3 is 1.76 bits per heavy atom. The van der Waals surface area contributed by atoms with Crippen LogP contribution in [0.3, 0.4) is 0 Å². The van der Waals surface area contributed by atoms with E-state index in [0.717, 1.165) is 4.47 Å². The Kier molecular flexibility index (Phi) is 4.35. The summed E-state index contributed by atoms with van der Waals surface area (Å²) in [5.74, 6) is 0. The van der Waals surface area contributed by atoms with Gasteiger partial charge in [-0.2, -0.15) is 0 Å². The van der Waals surface area contributed by atoms with E-state index in [9.17, 15) is 0 Å². The zero-order valence-corrected chi connectivity index (χ0v) is 15.5. The summed E-state index contributed by atoms with van der Waals surface area (Å²) in [6.07, 6.45) is 0. The molecule has 21 heavy (non-hydrogen) atoms. The van der Waals surface area contributed by atoms with E-state index in [-0.39, 0.29) is 10.8 Å². The average molecular weight is 345 g/mol. The van der Waals surface area contributed by atoms with Gasteiger partial charge in [-0.3, -0.25) is 0 Å². The van der Waals surface area contributed by atoms with E-state index < -0.39 is 0 Å². The highest BCUT2D eigenvalue weighted by Crippen LogP contribution is 2.39. The van der Waals surface area contributed by atoms with Gasteiger partial charge in [-0.1, -0.05) is 87.8 Å². The van der Waals surface area contributed by atoms with Crippen LogP contribution >= 0.6 is 15.9 Å². The summed E-state index contributed by atoms with van der Waals surface area (Å²) in [5.41, 5.74) is 5.73. The molecule has 112 valence electrons. The zero-order valence-electron chi connectivity index (χ0n) is 13.9. The summed E-state index contributed by atoms with van der Waals surface area (Å²) >= 11 is 3.62. The highest BCUT2D eigenvalue weighted by atomic mass is 79.9. The fourth-order valence-corrected chi connectivity index (χ4v) is 3.10. The third kappa shape index (κ3) is 3.58. The molecule has 2 aromatic carbocycles. The van der Waals surface area contributed by atoms with Crippen molar-refractivity contribution in [2.45, 2.75) is 52.4 Å². The van der Waals surface area contributed by atoms with E-state index in [1.54, 1.807) is 0 Å². The molecule has 0 saturated heterocycles. The number of benzene rings is 2. The molecule has 2 rings (SSSR count). The Hall–Kier alpha value is -1.08. The highest BCUT2D eigenvalue weighted by Gasteiger charge is 2.23. The van der Waals surface area contributed by atoms with Crippen LogP contribution in [-0.4, -0.2) is 0 Å². The molecule has 0 nitrogen and oxygen atoms in total. The van der Waals surface area contributed by atoms with Crippen LogP contribution < -0.4 is 0 Å². The lowest BCUT2D eigenvalue weighted by Crippen LogP contribution is -2.16. The predicted molar refractivity (Wildman–Crippen MR) is 97.0 cm³/mol. The normalized spacial score (nSPS) is 12.5. The van der Waals surface area contributed by atoms with Crippen molar-refractivity contribution < 1.29 is 0 Å². The van der Waals surface area contributed by atoms with Gasteiger partial charge in [-0.05, 0) is 45.2 Å². The van der Waals surface area contributed by atoms with Crippen molar-refractivity contribution in [3.63, 3.8) is 0 Å². The second-order valence-electron chi connectivity index (χ2n) is 7.74. The van der Waals surface area contributed by atoms with E-state index >= 15 is 0 Å². The van der Waals surface area contributed by atoms with E-state index in [2.05, 4.69) is 99.9 Å². The predicted octanol–water partition coefficient (Wildman–Crippen LogP) is 6.71. The van der Waals surface area contributed by atoms with Crippen molar-refractivity contribution in [1.82, 2.24) is 0 Å². The van der Waals surface area contributed by atoms with Crippen LogP contribution in [0.25, 0.3) is 11.1 Å². The van der Waals surface area contributed by atoms with Gasteiger partial charge in [-0.25, -0.2) is 0 Å². The maximum absolute atomic E-state index is 3.62. The molecule has 0 aliphatic heterocycles. The maximum Gasteiger partial charge on any atom is 0.0178 e. The van der Waals surface area contributed by atoms with Gasteiger partial charge in [0.15, 0.2) is 0 Å². The molecule has 0 aliphatic carbocycles. The summed E-state index contributed by atoms with van der Waals surface area (Å²) in [6, 6.07) is 15.4. The van der Waals surface area contributed by atoms with Gasteiger partial charge in [0, 0.05) is 4.47 Å². The fraction of sp³-hybridized carbons (Fsp3) is 0.400. The van der Waals surface area contributed by atoms with Gasteiger partial charge in [0.25, 0.3) is 0 Å². The number of halogens is 1. The van der Waals surface area contributed by atoms with Crippen molar-refractivity contribution in [2.75, 3.05) is 0 Å². The van der Waals surface area contributed by atoms with Crippen molar-refractivity contribution >= 4 is 15.9 Å². The molecule has 0 aromatic heterocycles. The van der Waals surface area contributed by atoms with E-state index in [1.165, 1.54) is 22.3 Å². The van der Waals surface area contributed by atoms with Gasteiger partial charge >= 0.3 is 0 Å². The molecule has 0 saturated carbocycles. The molecule has 2 aromatic rings. The third-order valence-corrected chi connectivity index (χ3v) is 4.31. The lowest BCUT2D eigenvalue weighted by molar-refractivity contribution is 0.584. The maximum atomic E-state index is 3.62. The largest absolute Gasteiger partial charge is 0.0619 e. The van der Waals surface area contributed by atoms with Crippen molar-refractivity contribution in [3.05, 3.63) is 58.1 Å². The first-order valence-corrected chi connectivity index (χ1v) is 8.30.